The van der Waals surface area contributed by atoms with E-state index in [1.54, 1.807) is 20.8 Å². The minimum Gasteiger partial charge on any atom is -0.458 e. The molecule has 0 bridgehead atoms. The average molecular weight is 228 g/mol. The largest absolute Gasteiger partial charge is 0.458 e. The second-order valence-electron chi connectivity index (χ2n) is 4.43. The summed E-state index contributed by atoms with van der Waals surface area (Å²) in [6.45, 7) is 4.95. The molecule has 0 atom stereocenters. The van der Waals surface area contributed by atoms with Gasteiger partial charge in [0.25, 0.3) is 0 Å². The van der Waals surface area contributed by atoms with Crippen molar-refractivity contribution in [3.8, 4) is 0 Å². The van der Waals surface area contributed by atoms with Crippen LogP contribution >= 0.6 is 0 Å². The second kappa shape index (κ2) is 4.98. The predicted molar refractivity (Wildman–Crippen MR) is 56.3 cm³/mol. The molecule has 7 heteroatoms. The first kappa shape index (κ1) is 14.4. The summed E-state index contributed by atoms with van der Waals surface area (Å²) in [5.74, 6) is -1.56. The van der Waals surface area contributed by atoms with E-state index in [4.69, 9.17) is 21.7 Å². The van der Waals surface area contributed by atoms with Crippen molar-refractivity contribution in [2.24, 2.45) is 11.5 Å². The van der Waals surface area contributed by atoms with Gasteiger partial charge in [0.05, 0.1) is 6.42 Å². The van der Waals surface area contributed by atoms with Gasteiger partial charge in [0, 0.05) is 0 Å². The van der Waals surface area contributed by atoms with Crippen LogP contribution in [-0.2, 0) is 14.3 Å². The molecule has 0 fully saturated rings. The Morgan fingerprint density at radius 1 is 1.38 bits per heavy atom. The van der Waals surface area contributed by atoms with Gasteiger partial charge < -0.3 is 21.7 Å². The Morgan fingerprint density at radius 2 is 1.88 bits per heavy atom. The number of nitrogens with two attached hydrogens (primary N) is 2. The Hall–Kier alpha value is -1.56. The lowest BCUT2D eigenvalue weighted by molar-refractivity contribution is -0.162. The highest BCUT2D eigenvalue weighted by molar-refractivity contribution is 6.26. The van der Waals surface area contributed by atoms with Crippen LogP contribution in [0.4, 0.5) is 0 Å². The molecule has 0 aliphatic carbocycles. The number of rotatable bonds is 4. The van der Waals surface area contributed by atoms with E-state index in [9.17, 15) is 9.59 Å². The monoisotopic (exact) mass is 228 g/mol. The Kier molecular flexibility index (Phi) is 4.49. The molecule has 0 spiro atoms. The highest BCUT2D eigenvalue weighted by Crippen LogP contribution is 2.12. The zero-order valence-corrected chi connectivity index (χ0v) is 9.56. The van der Waals surface area contributed by atoms with Crippen molar-refractivity contribution in [2.45, 2.75) is 38.5 Å². The Labute approximate surface area is 93.4 Å². The lowest BCUT2D eigenvalue weighted by Gasteiger charge is -2.26. The predicted octanol–water partition coefficient (Wildman–Crippen LogP) is -0.798. The molecule has 0 rings (SSSR count). The molecule has 7 nitrogen and oxygen atoms in total. The lowest BCUT2D eigenvalue weighted by Crippen LogP contribution is -2.59. The molecule has 0 amide bonds. The van der Waals surface area contributed by atoms with Crippen LogP contribution in [0.5, 0.6) is 0 Å². The van der Waals surface area contributed by atoms with Crippen molar-refractivity contribution in [1.29, 1.82) is 0 Å². The first-order valence-electron chi connectivity index (χ1n) is 4.60. The molecular weight excluding hydrogens is 212 g/mol. The first-order valence-corrected chi connectivity index (χ1v) is 4.60. The van der Waals surface area contributed by atoms with Gasteiger partial charge in [-0.15, -0.1) is 0 Å². The summed E-state index contributed by atoms with van der Waals surface area (Å²) in [4.78, 5) is 25.1. The van der Waals surface area contributed by atoms with Gasteiger partial charge in [-0.1, -0.05) is 0 Å². The van der Waals surface area contributed by atoms with E-state index in [0.717, 1.165) is 0 Å². The van der Waals surface area contributed by atoms with Crippen LogP contribution in [0.15, 0.2) is 0 Å². The number of ether oxygens (including phenoxy) is 1. The molecule has 90 valence electrons. The van der Waals surface area contributed by atoms with Gasteiger partial charge in [-0.25, -0.2) is 4.79 Å². The summed E-state index contributed by atoms with van der Waals surface area (Å²) in [6.07, 6.45) is 0.130. The van der Waals surface area contributed by atoms with Gasteiger partial charge in [0.15, 0.2) is 5.66 Å². The number of esters is 1. The Balaban J connectivity index is 4.60. The summed E-state index contributed by atoms with van der Waals surface area (Å²) in [7, 11) is 0. The van der Waals surface area contributed by atoms with Crippen molar-refractivity contribution < 1.29 is 19.1 Å². The summed E-state index contributed by atoms with van der Waals surface area (Å²) in [6, 6.07) is 0. The first-order chi connectivity index (χ1) is 7.08. The molecule has 0 heterocycles. The third kappa shape index (κ3) is 5.35. The number of ketones is 1. The van der Waals surface area contributed by atoms with Gasteiger partial charge >= 0.3 is 12.2 Å². The van der Waals surface area contributed by atoms with Crippen LogP contribution in [0.2, 0.25) is 0 Å². The van der Waals surface area contributed by atoms with E-state index in [1.807, 2.05) is 0 Å². The number of hydrogen-bond donors (Lipinski definition) is 2. The quantitative estimate of drug-likeness (QED) is 0.214. The summed E-state index contributed by atoms with van der Waals surface area (Å²) < 4.78 is 4.93. The molecule has 0 saturated heterocycles. The van der Waals surface area contributed by atoms with Crippen molar-refractivity contribution >= 4 is 18.0 Å². The normalized spacial score (nSPS) is 11.6. The molecule has 0 radical (unpaired) electrons. The fraction of sp³-hybridized carbons (Fsp3) is 0.667. The van der Waals surface area contributed by atoms with E-state index in [1.165, 1.54) is 0 Å². The van der Waals surface area contributed by atoms with E-state index in [2.05, 4.69) is 4.79 Å². The minimum absolute atomic E-state index is 0.494. The zero-order chi connectivity index (χ0) is 13.0. The van der Waals surface area contributed by atoms with E-state index < -0.39 is 29.4 Å². The molecule has 0 aliphatic heterocycles. The molecule has 0 aliphatic rings. The topological polar surface area (TPSA) is 132 Å². The third-order valence-corrected chi connectivity index (χ3v) is 1.45. The number of Topliss-reactive ketones (excluding diaryl/α,β-unsaturated/α-hetero) is 1. The fourth-order valence-electron chi connectivity index (χ4n) is 0.844. The maximum atomic E-state index is 11.5. The lowest BCUT2D eigenvalue weighted by atomic mass is 10.1. The van der Waals surface area contributed by atoms with Crippen LogP contribution < -0.4 is 11.5 Å². The van der Waals surface area contributed by atoms with Crippen molar-refractivity contribution in [3.05, 3.63) is 5.53 Å². The third-order valence-electron chi connectivity index (χ3n) is 1.45. The molecule has 0 aromatic rings. The van der Waals surface area contributed by atoms with Crippen molar-refractivity contribution in [3.63, 3.8) is 0 Å². The summed E-state index contributed by atoms with van der Waals surface area (Å²) >= 11 is 0. The molecular formula is C9H16N4O3. The molecule has 4 N–H and O–H groups in total. The molecule has 0 aromatic heterocycles. The van der Waals surface area contributed by atoms with Gasteiger partial charge in [0.1, 0.15) is 5.60 Å². The van der Waals surface area contributed by atoms with Crippen LogP contribution in [0, 0.1) is 0 Å². The van der Waals surface area contributed by atoms with Crippen LogP contribution in [0.1, 0.15) is 27.2 Å². The second-order valence-corrected chi connectivity index (χ2v) is 4.43. The molecule has 16 heavy (non-hydrogen) atoms. The van der Waals surface area contributed by atoms with Gasteiger partial charge in [-0.05, 0) is 20.8 Å². The van der Waals surface area contributed by atoms with Crippen LogP contribution in [0.25, 0.3) is 5.53 Å². The molecule has 0 saturated carbocycles. The number of hydrogen-bond acceptors (Lipinski definition) is 5. The number of carbonyl (C=O) groups is 2. The number of nitrogens with zero attached hydrogens (tertiary/aromatic N) is 2. The average Bonchev–Trinajstić information content (AvgIpc) is 1.99. The maximum absolute atomic E-state index is 11.5. The van der Waals surface area contributed by atoms with Crippen molar-refractivity contribution in [2.75, 3.05) is 0 Å². The van der Waals surface area contributed by atoms with Crippen LogP contribution in [-0.4, -0.2) is 34.0 Å². The van der Waals surface area contributed by atoms with Gasteiger partial charge in [0.2, 0.25) is 5.78 Å². The molecule has 0 unspecified atom stereocenters. The number of carbonyl (C=O) groups excluding carboxylic acids is 2. The van der Waals surface area contributed by atoms with Crippen LogP contribution in [0.3, 0.4) is 0 Å². The highest BCUT2D eigenvalue weighted by atomic mass is 16.6. The minimum atomic E-state index is -1.93. The Morgan fingerprint density at radius 3 is 2.25 bits per heavy atom. The van der Waals surface area contributed by atoms with E-state index >= 15 is 0 Å². The van der Waals surface area contributed by atoms with E-state index in [0.29, 0.717) is 6.21 Å². The smallest absolute Gasteiger partial charge is 0.341 e. The fourth-order valence-corrected chi connectivity index (χ4v) is 0.844. The van der Waals surface area contributed by atoms with Gasteiger partial charge in [-0.3, -0.25) is 4.79 Å². The maximum Gasteiger partial charge on any atom is 0.341 e. The zero-order valence-electron chi connectivity index (χ0n) is 9.56. The van der Waals surface area contributed by atoms with Gasteiger partial charge in [-0.2, -0.15) is 4.79 Å². The Bertz CT molecular complexity index is 337. The van der Waals surface area contributed by atoms with Crippen molar-refractivity contribution in [1.82, 2.24) is 0 Å². The highest BCUT2D eigenvalue weighted by Gasteiger charge is 2.36. The van der Waals surface area contributed by atoms with E-state index in [-0.39, 0.29) is 0 Å². The summed E-state index contributed by atoms with van der Waals surface area (Å²) in [5, 5.41) is 0. The summed E-state index contributed by atoms with van der Waals surface area (Å²) in [5.41, 5.74) is 16.3. The SMILES string of the molecule is CC(C)(C)OC(=O)C(N)(N)CC(=O)C=[N+]=[N-]. The molecule has 0 aromatic carbocycles. The standard InChI is InChI=1S/C9H16N4O3/c1-8(2,3)16-7(15)9(10,11)4-6(14)5-13-12/h5H,4,10-11H2,1-3H3.